The maximum absolute atomic E-state index is 14.0. The first-order chi connectivity index (χ1) is 18.1. The Kier molecular flexibility index (Phi) is 9.90. The smallest absolute Gasteiger partial charge is 0.244 e. The van der Waals surface area contributed by atoms with Crippen LogP contribution in [0.3, 0.4) is 0 Å². The molecule has 0 aromatic heterocycles. The van der Waals surface area contributed by atoms with Crippen molar-refractivity contribution in [3.05, 3.63) is 96.1 Å². The molecule has 3 aromatic rings. The first-order valence-corrected chi connectivity index (χ1v) is 14.2. The summed E-state index contributed by atoms with van der Waals surface area (Å²) in [7, 11) is -2.43. The first-order valence-electron chi connectivity index (χ1n) is 12.4. The van der Waals surface area contributed by atoms with Gasteiger partial charge in [0.05, 0.1) is 19.1 Å². The molecular weight excluding hydrogens is 502 g/mol. The molecule has 38 heavy (non-hydrogen) atoms. The number of nitrogens with one attached hydrogen (secondary N) is 1. The summed E-state index contributed by atoms with van der Waals surface area (Å²) in [5.41, 5.74) is 1.95. The molecule has 3 aromatic carbocycles. The monoisotopic (exact) mass is 537 g/mol. The lowest BCUT2D eigenvalue weighted by Gasteiger charge is -2.34. The standard InChI is InChI=1S/C29H35N3O5S/c1-22(2)30-29(34)26(19-23-13-7-5-8-14-23)31(20-24-15-9-6-10-16-24)28(33)21-32(38(4,35)36)25-17-11-12-18-27(25)37-3/h5-18,22,26H,19-21H2,1-4H3,(H,30,34). The summed E-state index contributed by atoms with van der Waals surface area (Å²) < 4.78 is 32.1. The van der Waals surface area contributed by atoms with E-state index >= 15 is 0 Å². The third kappa shape index (κ3) is 7.82. The summed E-state index contributed by atoms with van der Waals surface area (Å²) in [6.45, 7) is 3.35. The minimum absolute atomic E-state index is 0.131. The second-order valence-corrected chi connectivity index (χ2v) is 11.2. The minimum Gasteiger partial charge on any atom is -0.495 e. The molecule has 0 heterocycles. The van der Waals surface area contributed by atoms with E-state index < -0.39 is 28.5 Å². The quantitative estimate of drug-likeness (QED) is 0.381. The number of methoxy groups -OCH3 is 1. The SMILES string of the molecule is COc1ccccc1N(CC(=O)N(Cc1ccccc1)C(Cc1ccccc1)C(=O)NC(C)C)S(C)(=O)=O. The molecule has 3 rings (SSSR count). The van der Waals surface area contributed by atoms with Gasteiger partial charge < -0.3 is 15.0 Å². The third-order valence-corrected chi connectivity index (χ3v) is 7.06. The van der Waals surface area contributed by atoms with Gasteiger partial charge in [0.2, 0.25) is 21.8 Å². The number of anilines is 1. The number of amides is 2. The summed E-state index contributed by atoms with van der Waals surface area (Å²) in [6, 6.07) is 24.4. The van der Waals surface area contributed by atoms with Crippen molar-refractivity contribution < 1.29 is 22.7 Å². The fourth-order valence-corrected chi connectivity index (χ4v) is 5.00. The lowest BCUT2D eigenvalue weighted by atomic mass is 10.0. The Morgan fingerprint density at radius 2 is 1.42 bits per heavy atom. The van der Waals surface area contributed by atoms with Crippen LogP contribution in [-0.2, 0) is 32.6 Å². The molecule has 0 saturated heterocycles. The topological polar surface area (TPSA) is 96.0 Å². The molecule has 9 heteroatoms. The van der Waals surface area contributed by atoms with Crippen molar-refractivity contribution in [2.45, 2.75) is 38.9 Å². The van der Waals surface area contributed by atoms with Crippen LogP contribution in [0.5, 0.6) is 5.75 Å². The van der Waals surface area contributed by atoms with E-state index in [0.717, 1.165) is 21.7 Å². The molecule has 0 fully saturated rings. The van der Waals surface area contributed by atoms with Crippen molar-refractivity contribution in [3.8, 4) is 5.75 Å². The Morgan fingerprint density at radius 3 is 1.97 bits per heavy atom. The van der Waals surface area contributed by atoms with Gasteiger partial charge in [-0.2, -0.15) is 0 Å². The molecular formula is C29H35N3O5S. The van der Waals surface area contributed by atoms with Gasteiger partial charge in [-0.15, -0.1) is 0 Å². The Morgan fingerprint density at radius 1 is 0.868 bits per heavy atom. The summed E-state index contributed by atoms with van der Waals surface area (Å²) in [6.07, 6.45) is 1.31. The number of benzene rings is 3. The summed E-state index contributed by atoms with van der Waals surface area (Å²) in [5.74, 6) is -0.500. The molecule has 1 unspecified atom stereocenters. The summed E-state index contributed by atoms with van der Waals surface area (Å²) in [4.78, 5) is 29.0. The summed E-state index contributed by atoms with van der Waals surface area (Å²) in [5, 5.41) is 2.93. The molecule has 8 nitrogen and oxygen atoms in total. The number of sulfonamides is 1. The van der Waals surface area contributed by atoms with E-state index in [0.29, 0.717) is 5.75 Å². The Hall–Kier alpha value is -3.85. The van der Waals surface area contributed by atoms with Crippen LogP contribution in [0.15, 0.2) is 84.9 Å². The van der Waals surface area contributed by atoms with Crippen molar-refractivity contribution in [2.75, 3.05) is 24.2 Å². The van der Waals surface area contributed by atoms with E-state index in [1.165, 1.54) is 12.0 Å². The zero-order valence-electron chi connectivity index (χ0n) is 22.2. The number of nitrogens with zero attached hydrogens (tertiary/aromatic N) is 2. The highest BCUT2D eigenvalue weighted by Gasteiger charge is 2.33. The van der Waals surface area contributed by atoms with Crippen LogP contribution in [0, 0.1) is 0 Å². The van der Waals surface area contributed by atoms with E-state index in [9.17, 15) is 18.0 Å². The fourth-order valence-electron chi connectivity index (χ4n) is 4.15. The van der Waals surface area contributed by atoms with Gasteiger partial charge in [-0.25, -0.2) is 8.42 Å². The zero-order chi connectivity index (χ0) is 27.7. The average molecular weight is 538 g/mol. The van der Waals surface area contributed by atoms with Gasteiger partial charge in [0.25, 0.3) is 0 Å². The Bertz CT molecular complexity index is 1310. The Labute approximate surface area is 225 Å². The Balaban J connectivity index is 2.05. The second-order valence-electron chi connectivity index (χ2n) is 9.32. The van der Waals surface area contributed by atoms with E-state index in [4.69, 9.17) is 4.74 Å². The van der Waals surface area contributed by atoms with Crippen molar-refractivity contribution in [1.82, 2.24) is 10.2 Å². The normalized spacial score (nSPS) is 12.0. The zero-order valence-corrected chi connectivity index (χ0v) is 23.0. The average Bonchev–Trinajstić information content (AvgIpc) is 2.89. The van der Waals surface area contributed by atoms with E-state index in [1.807, 2.05) is 74.5 Å². The van der Waals surface area contributed by atoms with Crippen LogP contribution in [0.1, 0.15) is 25.0 Å². The van der Waals surface area contributed by atoms with Gasteiger partial charge in [0, 0.05) is 19.0 Å². The molecule has 0 aliphatic rings. The summed E-state index contributed by atoms with van der Waals surface area (Å²) >= 11 is 0. The molecule has 0 saturated carbocycles. The predicted octanol–water partition coefficient (Wildman–Crippen LogP) is 3.63. The molecule has 0 radical (unpaired) electrons. The number of hydrogen-bond acceptors (Lipinski definition) is 5. The van der Waals surface area contributed by atoms with Crippen LogP contribution in [0.25, 0.3) is 0 Å². The van der Waals surface area contributed by atoms with Crippen LogP contribution >= 0.6 is 0 Å². The largest absolute Gasteiger partial charge is 0.495 e. The number of ether oxygens (including phenoxy) is 1. The number of hydrogen-bond donors (Lipinski definition) is 1. The maximum Gasteiger partial charge on any atom is 0.244 e. The maximum atomic E-state index is 14.0. The molecule has 0 spiro atoms. The van der Waals surface area contributed by atoms with Gasteiger partial charge in [-0.3, -0.25) is 13.9 Å². The number of carbonyl (C=O) groups is 2. The van der Waals surface area contributed by atoms with Gasteiger partial charge in [-0.1, -0.05) is 72.8 Å². The first kappa shape index (κ1) is 28.7. The molecule has 0 bridgehead atoms. The van der Waals surface area contributed by atoms with Gasteiger partial charge >= 0.3 is 0 Å². The fraction of sp³-hybridized carbons (Fsp3) is 0.310. The predicted molar refractivity (Wildman–Crippen MR) is 149 cm³/mol. The molecule has 1 atom stereocenters. The highest BCUT2D eigenvalue weighted by Crippen LogP contribution is 2.29. The molecule has 0 aliphatic carbocycles. The van der Waals surface area contributed by atoms with Crippen molar-refractivity contribution >= 4 is 27.5 Å². The number of carbonyl (C=O) groups excluding carboxylic acids is 2. The molecule has 2 amide bonds. The van der Waals surface area contributed by atoms with E-state index in [-0.39, 0.29) is 30.6 Å². The third-order valence-electron chi connectivity index (χ3n) is 5.93. The lowest BCUT2D eigenvalue weighted by Crippen LogP contribution is -2.54. The lowest BCUT2D eigenvalue weighted by molar-refractivity contribution is -0.140. The molecule has 1 N–H and O–H groups in total. The molecule has 0 aliphatic heterocycles. The number of para-hydroxylation sites is 2. The van der Waals surface area contributed by atoms with Crippen molar-refractivity contribution in [3.63, 3.8) is 0 Å². The van der Waals surface area contributed by atoms with Crippen LogP contribution in [-0.4, -0.2) is 57.1 Å². The van der Waals surface area contributed by atoms with Crippen LogP contribution < -0.4 is 14.4 Å². The molecule has 202 valence electrons. The van der Waals surface area contributed by atoms with Gasteiger partial charge in [0.15, 0.2) is 0 Å². The highest BCUT2D eigenvalue weighted by atomic mass is 32.2. The van der Waals surface area contributed by atoms with Crippen LogP contribution in [0.4, 0.5) is 5.69 Å². The van der Waals surface area contributed by atoms with Crippen LogP contribution in [0.2, 0.25) is 0 Å². The van der Waals surface area contributed by atoms with E-state index in [2.05, 4.69) is 5.32 Å². The highest BCUT2D eigenvalue weighted by molar-refractivity contribution is 7.92. The minimum atomic E-state index is -3.87. The second kappa shape index (κ2) is 13.1. The number of rotatable bonds is 12. The van der Waals surface area contributed by atoms with Crippen molar-refractivity contribution in [1.29, 1.82) is 0 Å². The van der Waals surface area contributed by atoms with Gasteiger partial charge in [0.1, 0.15) is 18.3 Å². The van der Waals surface area contributed by atoms with Gasteiger partial charge in [-0.05, 0) is 37.1 Å². The van der Waals surface area contributed by atoms with E-state index in [1.54, 1.807) is 24.3 Å². The van der Waals surface area contributed by atoms with Crippen molar-refractivity contribution in [2.24, 2.45) is 0 Å².